The Morgan fingerprint density at radius 2 is 2.53 bits per heavy atom. The second-order valence-corrected chi connectivity index (χ2v) is 4.72. The molecule has 0 bridgehead atoms. The molecule has 0 radical (unpaired) electrons. The molecule has 0 saturated carbocycles. The molecule has 1 aliphatic heterocycles. The van der Waals surface area contributed by atoms with Gasteiger partial charge in [-0.25, -0.2) is 9.78 Å². The van der Waals surface area contributed by atoms with Crippen molar-refractivity contribution in [3.8, 4) is 0 Å². The topological polar surface area (TPSA) is 82.9 Å². The van der Waals surface area contributed by atoms with Crippen molar-refractivity contribution in [3.05, 3.63) is 16.1 Å². The summed E-state index contributed by atoms with van der Waals surface area (Å²) in [5.41, 5.74) is 0.756. The predicted molar refractivity (Wildman–Crippen MR) is 61.2 cm³/mol. The summed E-state index contributed by atoms with van der Waals surface area (Å²) in [6, 6.07) is 0. The Labute approximate surface area is 102 Å². The normalized spacial score (nSPS) is 21.6. The molecule has 0 aliphatic carbocycles. The van der Waals surface area contributed by atoms with Crippen molar-refractivity contribution < 1.29 is 19.7 Å². The third-order valence-corrected chi connectivity index (χ3v) is 3.43. The molecule has 1 atom stereocenters. The van der Waals surface area contributed by atoms with Crippen LogP contribution in [0.2, 0.25) is 0 Å². The van der Waals surface area contributed by atoms with Gasteiger partial charge in [-0.3, -0.25) is 4.90 Å². The number of hydrogen-bond donors (Lipinski definition) is 2. The molecule has 0 spiro atoms. The molecule has 94 valence electrons. The molecule has 2 N–H and O–H groups in total. The number of aliphatic hydroxyl groups is 1. The van der Waals surface area contributed by atoms with Crippen LogP contribution in [0.4, 0.5) is 0 Å². The quantitative estimate of drug-likeness (QED) is 0.793. The van der Waals surface area contributed by atoms with Gasteiger partial charge in [0, 0.05) is 25.0 Å². The van der Waals surface area contributed by atoms with Crippen LogP contribution in [0.5, 0.6) is 0 Å². The smallest absolute Gasteiger partial charge is 0.365 e. The highest BCUT2D eigenvalue weighted by Crippen LogP contribution is 2.14. The average molecular weight is 258 g/mol. The summed E-state index contributed by atoms with van der Waals surface area (Å²) in [4.78, 5) is 16.8. The molecule has 1 aliphatic rings. The third-order valence-electron chi connectivity index (χ3n) is 2.55. The van der Waals surface area contributed by atoms with E-state index in [0.29, 0.717) is 19.7 Å². The molecule has 1 fully saturated rings. The summed E-state index contributed by atoms with van der Waals surface area (Å²) in [6.07, 6.45) is -0.152. The van der Waals surface area contributed by atoms with E-state index in [1.165, 1.54) is 0 Å². The average Bonchev–Trinajstić information content (AvgIpc) is 2.78. The molecule has 1 unspecified atom stereocenters. The molecule has 1 saturated heterocycles. The van der Waals surface area contributed by atoms with Crippen LogP contribution >= 0.6 is 11.3 Å². The number of ether oxygens (including phenoxy) is 1. The number of aromatic nitrogens is 1. The maximum Gasteiger partial charge on any atom is 0.365 e. The predicted octanol–water partition coefficient (Wildman–Crippen LogP) is 0.0344. The fourth-order valence-corrected chi connectivity index (χ4v) is 2.39. The third kappa shape index (κ3) is 3.22. The van der Waals surface area contributed by atoms with E-state index in [-0.39, 0.29) is 17.7 Å². The van der Waals surface area contributed by atoms with E-state index < -0.39 is 5.97 Å². The number of morpholine rings is 1. The van der Waals surface area contributed by atoms with Gasteiger partial charge in [-0.15, -0.1) is 11.3 Å². The van der Waals surface area contributed by atoms with Crippen molar-refractivity contribution in [3.63, 3.8) is 0 Å². The van der Waals surface area contributed by atoms with Crippen LogP contribution in [0, 0.1) is 0 Å². The zero-order valence-electron chi connectivity index (χ0n) is 9.20. The molecule has 7 heteroatoms. The minimum Gasteiger partial charge on any atom is -0.476 e. The molecule has 0 amide bonds. The number of carboxylic acids is 1. The summed E-state index contributed by atoms with van der Waals surface area (Å²) >= 11 is 1.13. The fraction of sp³-hybridized carbons (Fsp3) is 0.600. The lowest BCUT2D eigenvalue weighted by Gasteiger charge is -2.31. The van der Waals surface area contributed by atoms with Crippen molar-refractivity contribution in [1.29, 1.82) is 0 Å². The number of hydrogen-bond acceptors (Lipinski definition) is 6. The van der Waals surface area contributed by atoms with E-state index in [0.717, 1.165) is 23.6 Å². The first-order valence-corrected chi connectivity index (χ1v) is 6.19. The van der Waals surface area contributed by atoms with E-state index in [2.05, 4.69) is 9.88 Å². The SMILES string of the molecule is O=C(O)c1nc(CN2CCOC(CO)C2)cs1. The Morgan fingerprint density at radius 3 is 3.18 bits per heavy atom. The molecule has 0 aromatic carbocycles. The van der Waals surface area contributed by atoms with Gasteiger partial charge in [-0.1, -0.05) is 0 Å². The Balaban J connectivity index is 1.93. The van der Waals surface area contributed by atoms with Gasteiger partial charge in [0.2, 0.25) is 5.01 Å². The summed E-state index contributed by atoms with van der Waals surface area (Å²) in [5.74, 6) is -0.989. The molecule has 6 nitrogen and oxygen atoms in total. The largest absolute Gasteiger partial charge is 0.476 e. The van der Waals surface area contributed by atoms with E-state index in [4.69, 9.17) is 14.9 Å². The second-order valence-electron chi connectivity index (χ2n) is 3.86. The molecule has 2 heterocycles. The lowest BCUT2D eigenvalue weighted by Crippen LogP contribution is -2.43. The van der Waals surface area contributed by atoms with Crippen LogP contribution in [-0.2, 0) is 11.3 Å². The minimum absolute atomic E-state index is 0.00788. The summed E-state index contributed by atoms with van der Waals surface area (Å²) in [7, 11) is 0. The van der Waals surface area contributed by atoms with Gasteiger partial charge in [0.15, 0.2) is 0 Å². The van der Waals surface area contributed by atoms with Gasteiger partial charge in [0.1, 0.15) is 0 Å². The fourth-order valence-electron chi connectivity index (χ4n) is 1.74. The molecule has 17 heavy (non-hydrogen) atoms. The van der Waals surface area contributed by atoms with E-state index >= 15 is 0 Å². The Kier molecular flexibility index (Phi) is 4.06. The maximum absolute atomic E-state index is 10.7. The van der Waals surface area contributed by atoms with Crippen molar-refractivity contribution >= 4 is 17.3 Å². The molecular formula is C10H14N2O4S. The monoisotopic (exact) mass is 258 g/mol. The van der Waals surface area contributed by atoms with Gasteiger partial charge in [0.25, 0.3) is 0 Å². The highest BCUT2D eigenvalue weighted by atomic mass is 32.1. The summed E-state index contributed by atoms with van der Waals surface area (Å²) in [5, 5.41) is 19.6. The standard InChI is InChI=1S/C10H14N2O4S/c13-5-8-4-12(1-2-16-8)3-7-6-17-9(11-7)10(14)15/h6,8,13H,1-5H2,(H,14,15). The maximum atomic E-state index is 10.7. The van der Waals surface area contributed by atoms with Crippen LogP contribution in [-0.4, -0.2) is 58.5 Å². The number of rotatable bonds is 4. The molecule has 2 rings (SSSR count). The first-order chi connectivity index (χ1) is 8.19. The number of carbonyl (C=O) groups is 1. The van der Waals surface area contributed by atoms with E-state index in [1.807, 2.05) is 0 Å². The van der Waals surface area contributed by atoms with E-state index in [9.17, 15) is 4.79 Å². The van der Waals surface area contributed by atoms with Crippen LogP contribution in [0.15, 0.2) is 5.38 Å². The second kappa shape index (κ2) is 5.54. The zero-order valence-corrected chi connectivity index (χ0v) is 10.0. The number of carboxylic acid groups (broad SMARTS) is 1. The highest BCUT2D eigenvalue weighted by molar-refractivity contribution is 7.11. The van der Waals surface area contributed by atoms with Gasteiger partial charge >= 0.3 is 5.97 Å². The van der Waals surface area contributed by atoms with Crippen molar-refractivity contribution in [1.82, 2.24) is 9.88 Å². The summed E-state index contributed by atoms with van der Waals surface area (Å²) < 4.78 is 5.33. The molecule has 1 aromatic rings. The zero-order chi connectivity index (χ0) is 12.3. The first-order valence-electron chi connectivity index (χ1n) is 5.31. The summed E-state index contributed by atoms with van der Waals surface area (Å²) in [6.45, 7) is 2.62. The van der Waals surface area contributed by atoms with E-state index in [1.54, 1.807) is 5.38 Å². The number of aliphatic hydroxyl groups excluding tert-OH is 1. The molecular weight excluding hydrogens is 244 g/mol. The van der Waals surface area contributed by atoms with Crippen LogP contribution in [0.3, 0.4) is 0 Å². The first kappa shape index (κ1) is 12.4. The molecule has 1 aromatic heterocycles. The lowest BCUT2D eigenvalue weighted by molar-refractivity contribution is -0.0553. The lowest BCUT2D eigenvalue weighted by atomic mass is 10.2. The number of nitrogens with zero attached hydrogens (tertiary/aromatic N) is 2. The van der Waals surface area contributed by atoms with Crippen molar-refractivity contribution in [2.75, 3.05) is 26.3 Å². The van der Waals surface area contributed by atoms with Gasteiger partial charge < -0.3 is 14.9 Å². The van der Waals surface area contributed by atoms with Crippen LogP contribution in [0.1, 0.15) is 15.5 Å². The Bertz CT molecular complexity index is 395. The van der Waals surface area contributed by atoms with Gasteiger partial charge in [-0.2, -0.15) is 0 Å². The number of thiazole rings is 1. The Morgan fingerprint density at radius 1 is 1.71 bits per heavy atom. The minimum atomic E-state index is -0.989. The van der Waals surface area contributed by atoms with Crippen molar-refractivity contribution in [2.24, 2.45) is 0 Å². The number of aromatic carboxylic acids is 1. The van der Waals surface area contributed by atoms with Crippen LogP contribution < -0.4 is 0 Å². The Hall–Kier alpha value is -1.02. The van der Waals surface area contributed by atoms with Gasteiger partial charge in [0.05, 0.1) is 25.0 Å². The van der Waals surface area contributed by atoms with Gasteiger partial charge in [-0.05, 0) is 0 Å². The highest BCUT2D eigenvalue weighted by Gasteiger charge is 2.20. The van der Waals surface area contributed by atoms with Crippen molar-refractivity contribution in [2.45, 2.75) is 12.6 Å². The van der Waals surface area contributed by atoms with Crippen LogP contribution in [0.25, 0.3) is 0 Å².